The van der Waals surface area contributed by atoms with Gasteiger partial charge >= 0.3 is 6.09 Å². The van der Waals surface area contributed by atoms with Crippen LogP contribution >= 0.6 is 0 Å². The minimum atomic E-state index is -0.822. The van der Waals surface area contributed by atoms with Crippen molar-refractivity contribution in [2.75, 3.05) is 6.61 Å². The summed E-state index contributed by atoms with van der Waals surface area (Å²) in [4.78, 5) is 14.0. The summed E-state index contributed by atoms with van der Waals surface area (Å²) in [5, 5.41) is 12.3. The first-order valence-corrected chi connectivity index (χ1v) is 8.07. The van der Waals surface area contributed by atoms with Crippen LogP contribution in [0.5, 0.6) is 0 Å². The van der Waals surface area contributed by atoms with E-state index in [9.17, 15) is 10.0 Å². The molecule has 0 aliphatic carbocycles. The van der Waals surface area contributed by atoms with Crippen molar-refractivity contribution in [3.63, 3.8) is 0 Å². The van der Waals surface area contributed by atoms with Gasteiger partial charge in [0.25, 0.3) is 0 Å². The van der Waals surface area contributed by atoms with Crippen LogP contribution in [0.2, 0.25) is 0 Å². The Morgan fingerprint density at radius 2 is 2.04 bits per heavy atom. The molecule has 1 fully saturated rings. The van der Waals surface area contributed by atoms with Crippen molar-refractivity contribution in [3.8, 4) is 0 Å². The SMILES string of the molecule is CC(C)(C)OC(=O)N1[C@H](/C=[N+](\[O-])Cc2ccccc2)COC1(C)C. The molecule has 1 saturated heterocycles. The third-order valence-electron chi connectivity index (χ3n) is 3.63. The van der Waals surface area contributed by atoms with Gasteiger partial charge in [-0.1, -0.05) is 30.3 Å². The van der Waals surface area contributed by atoms with Crippen LogP contribution in [-0.2, 0) is 16.0 Å². The Kier molecular flexibility index (Phi) is 5.18. The normalized spacial score (nSPS) is 21.0. The number of amides is 1. The molecule has 1 atom stereocenters. The van der Waals surface area contributed by atoms with Crippen molar-refractivity contribution in [3.05, 3.63) is 41.1 Å². The second kappa shape index (κ2) is 6.81. The summed E-state index contributed by atoms with van der Waals surface area (Å²) in [6, 6.07) is 8.99. The van der Waals surface area contributed by atoms with Crippen LogP contribution in [0.25, 0.3) is 0 Å². The Hall–Kier alpha value is -2.08. The molecular weight excluding hydrogens is 308 g/mol. The Balaban J connectivity index is 2.15. The maximum absolute atomic E-state index is 12.5. The van der Waals surface area contributed by atoms with E-state index in [-0.39, 0.29) is 13.2 Å². The quantitative estimate of drug-likeness (QED) is 0.369. The summed E-state index contributed by atoms with van der Waals surface area (Å²) in [6.07, 6.45) is 0.991. The minimum Gasteiger partial charge on any atom is -0.624 e. The second-order valence-corrected chi connectivity index (χ2v) is 7.39. The molecule has 1 heterocycles. The zero-order chi connectivity index (χ0) is 18.0. The molecule has 0 aromatic heterocycles. The predicted octanol–water partition coefficient (Wildman–Crippen LogP) is 3.14. The van der Waals surface area contributed by atoms with Crippen LogP contribution < -0.4 is 0 Å². The average molecular weight is 334 g/mol. The van der Waals surface area contributed by atoms with Gasteiger partial charge in [0.2, 0.25) is 0 Å². The van der Waals surface area contributed by atoms with E-state index in [1.807, 2.05) is 51.1 Å². The molecule has 132 valence electrons. The zero-order valence-corrected chi connectivity index (χ0v) is 15.0. The van der Waals surface area contributed by atoms with Crippen LogP contribution in [0.15, 0.2) is 30.3 Å². The molecule has 1 amide bonds. The van der Waals surface area contributed by atoms with Crippen molar-refractivity contribution >= 4 is 12.3 Å². The first-order chi connectivity index (χ1) is 11.1. The van der Waals surface area contributed by atoms with Crippen LogP contribution in [0, 0.1) is 5.21 Å². The number of hydroxylamine groups is 1. The summed E-state index contributed by atoms with van der Waals surface area (Å²) < 4.78 is 12.0. The van der Waals surface area contributed by atoms with E-state index in [1.54, 1.807) is 13.8 Å². The molecule has 0 saturated carbocycles. The van der Waals surface area contributed by atoms with Crippen molar-refractivity contribution in [1.29, 1.82) is 0 Å². The maximum atomic E-state index is 12.5. The summed E-state index contributed by atoms with van der Waals surface area (Å²) in [5.74, 6) is 0. The maximum Gasteiger partial charge on any atom is 0.413 e. The topological polar surface area (TPSA) is 64.8 Å². The van der Waals surface area contributed by atoms with Gasteiger partial charge in [-0.25, -0.2) is 9.53 Å². The molecule has 6 nitrogen and oxygen atoms in total. The largest absolute Gasteiger partial charge is 0.624 e. The minimum absolute atomic E-state index is 0.222. The zero-order valence-electron chi connectivity index (χ0n) is 15.0. The number of ether oxygens (including phenoxy) is 2. The second-order valence-electron chi connectivity index (χ2n) is 7.39. The lowest BCUT2D eigenvalue weighted by atomic mass is 10.2. The van der Waals surface area contributed by atoms with E-state index in [1.165, 1.54) is 11.1 Å². The highest BCUT2D eigenvalue weighted by Gasteiger charge is 2.46. The molecule has 0 bridgehead atoms. The van der Waals surface area contributed by atoms with Gasteiger partial charge in [-0.15, -0.1) is 0 Å². The Morgan fingerprint density at radius 3 is 2.62 bits per heavy atom. The lowest BCUT2D eigenvalue weighted by molar-refractivity contribution is -0.472. The molecule has 0 spiro atoms. The third kappa shape index (κ3) is 4.71. The predicted molar refractivity (Wildman–Crippen MR) is 91.7 cm³/mol. The van der Waals surface area contributed by atoms with Crippen LogP contribution in [0.4, 0.5) is 4.79 Å². The third-order valence-corrected chi connectivity index (χ3v) is 3.63. The lowest BCUT2D eigenvalue weighted by Gasteiger charge is -2.33. The van der Waals surface area contributed by atoms with Crippen molar-refractivity contribution < 1.29 is 19.0 Å². The molecule has 1 aromatic carbocycles. The van der Waals surface area contributed by atoms with Gasteiger partial charge in [0, 0.05) is 5.56 Å². The smallest absolute Gasteiger partial charge is 0.413 e. The lowest BCUT2D eigenvalue weighted by Crippen LogP contribution is -2.50. The number of rotatable bonds is 3. The highest BCUT2D eigenvalue weighted by atomic mass is 16.6. The van der Waals surface area contributed by atoms with Gasteiger partial charge in [0.1, 0.15) is 17.4 Å². The summed E-state index contributed by atoms with van der Waals surface area (Å²) >= 11 is 0. The van der Waals surface area contributed by atoms with Crippen molar-refractivity contribution in [2.45, 2.75) is 58.5 Å². The van der Waals surface area contributed by atoms with Crippen LogP contribution in [0.1, 0.15) is 40.2 Å². The average Bonchev–Trinajstić information content (AvgIpc) is 2.72. The van der Waals surface area contributed by atoms with Gasteiger partial charge in [0.05, 0.1) is 6.61 Å². The fraction of sp³-hybridized carbons (Fsp3) is 0.556. The Bertz CT molecular complexity index is 605. The molecule has 2 rings (SSSR count). The van der Waals surface area contributed by atoms with E-state index >= 15 is 0 Å². The number of hydrogen-bond acceptors (Lipinski definition) is 4. The van der Waals surface area contributed by atoms with Crippen molar-refractivity contribution in [2.24, 2.45) is 0 Å². The van der Waals surface area contributed by atoms with Crippen molar-refractivity contribution in [1.82, 2.24) is 4.90 Å². The molecule has 1 aliphatic heterocycles. The summed E-state index contributed by atoms with van der Waals surface area (Å²) in [7, 11) is 0. The van der Waals surface area contributed by atoms with Gasteiger partial charge in [-0.3, -0.25) is 4.90 Å². The fourth-order valence-electron chi connectivity index (χ4n) is 2.62. The highest BCUT2D eigenvalue weighted by Crippen LogP contribution is 2.28. The van der Waals surface area contributed by atoms with Gasteiger partial charge < -0.3 is 14.7 Å². The highest BCUT2D eigenvalue weighted by molar-refractivity contribution is 5.75. The first-order valence-electron chi connectivity index (χ1n) is 8.07. The molecule has 24 heavy (non-hydrogen) atoms. The van der Waals surface area contributed by atoms with Gasteiger partial charge in [-0.2, -0.15) is 0 Å². The molecular formula is C18H26N2O4. The molecule has 1 aromatic rings. The Labute approximate surface area is 143 Å². The molecule has 0 N–H and O–H groups in total. The number of carbonyl (C=O) groups excluding carboxylic acids is 1. The molecule has 1 aliphatic rings. The number of hydrogen-bond donors (Lipinski definition) is 0. The molecule has 0 radical (unpaired) electrons. The summed E-state index contributed by atoms with van der Waals surface area (Å²) in [5.41, 5.74) is -0.524. The molecule has 0 unspecified atom stereocenters. The van der Waals surface area contributed by atoms with Gasteiger partial charge in [-0.05, 0) is 34.6 Å². The summed E-state index contributed by atoms with van der Waals surface area (Å²) in [6.45, 7) is 9.49. The standard InChI is InChI=1S/C18H26N2O4/c1-17(2,3)24-16(21)20-15(13-23-18(20,4)5)12-19(22)11-14-9-7-6-8-10-14/h6-10,12,15H,11,13H2,1-5H3/b19-12-/t15-/m1/s1. The fourth-order valence-corrected chi connectivity index (χ4v) is 2.62. The Morgan fingerprint density at radius 1 is 1.42 bits per heavy atom. The van der Waals surface area contributed by atoms with Gasteiger partial charge in [0.15, 0.2) is 12.8 Å². The molecule has 6 heteroatoms. The first kappa shape index (κ1) is 18.3. The number of nitrogens with zero attached hydrogens (tertiary/aromatic N) is 2. The monoisotopic (exact) mass is 334 g/mol. The van der Waals surface area contributed by atoms with Crippen LogP contribution in [-0.4, -0.2) is 45.9 Å². The van der Waals surface area contributed by atoms with E-state index in [2.05, 4.69) is 0 Å². The van der Waals surface area contributed by atoms with E-state index in [0.717, 1.165) is 10.3 Å². The van der Waals surface area contributed by atoms with E-state index in [4.69, 9.17) is 9.47 Å². The van der Waals surface area contributed by atoms with Crippen LogP contribution in [0.3, 0.4) is 0 Å². The number of carbonyl (C=O) groups is 1. The van der Waals surface area contributed by atoms with E-state index < -0.39 is 23.5 Å². The van der Waals surface area contributed by atoms with E-state index in [0.29, 0.717) is 0 Å². The number of benzene rings is 1.